The molecule has 1 aromatic rings. The zero-order valence-electron chi connectivity index (χ0n) is 14.9. The zero-order chi connectivity index (χ0) is 17.2. The first kappa shape index (κ1) is 17.5. The van der Waals surface area contributed by atoms with Crippen molar-refractivity contribution in [2.75, 3.05) is 18.4 Å². The van der Waals surface area contributed by atoms with Crippen LogP contribution in [0.3, 0.4) is 0 Å². The Morgan fingerprint density at radius 3 is 2.09 bits per heavy atom. The van der Waals surface area contributed by atoms with Gasteiger partial charge in [0.05, 0.1) is 0 Å². The average Bonchev–Trinajstić information content (AvgIpc) is 2.49. The Kier molecular flexibility index (Phi) is 5.12. The van der Waals surface area contributed by atoms with Crippen molar-refractivity contribution in [2.45, 2.75) is 47.5 Å². The van der Waals surface area contributed by atoms with Crippen molar-refractivity contribution in [3.8, 4) is 0 Å². The van der Waals surface area contributed by atoms with Crippen LogP contribution in [0.4, 0.5) is 5.69 Å². The third-order valence-electron chi connectivity index (χ3n) is 4.52. The Hall–Kier alpha value is -1.84. The molecule has 0 spiro atoms. The maximum absolute atomic E-state index is 12.5. The van der Waals surface area contributed by atoms with Gasteiger partial charge in [-0.1, -0.05) is 39.0 Å². The summed E-state index contributed by atoms with van der Waals surface area (Å²) in [6, 6.07) is 6.01. The number of para-hydroxylation sites is 1. The Morgan fingerprint density at radius 2 is 1.61 bits per heavy atom. The Bertz CT molecular complexity index is 574. The van der Waals surface area contributed by atoms with Crippen molar-refractivity contribution < 1.29 is 9.59 Å². The second-order valence-corrected chi connectivity index (χ2v) is 7.57. The minimum atomic E-state index is -0.354. The molecule has 0 radical (unpaired) electrons. The summed E-state index contributed by atoms with van der Waals surface area (Å²) in [5.74, 6) is 0.231. The highest BCUT2D eigenvalue weighted by Crippen LogP contribution is 2.26. The molecule has 2 rings (SSSR count). The topological polar surface area (TPSA) is 49.4 Å². The number of carbonyl (C=O) groups excluding carboxylic acids is 2. The van der Waals surface area contributed by atoms with Crippen LogP contribution >= 0.6 is 0 Å². The molecule has 0 atom stereocenters. The SMILES string of the molecule is Cc1cccc(C)c1NC(=O)C1CCN(C(=O)C(C)(C)C)CC1. The molecule has 0 aliphatic carbocycles. The lowest BCUT2D eigenvalue weighted by molar-refractivity contribution is -0.142. The van der Waals surface area contributed by atoms with Gasteiger partial charge in [0.15, 0.2) is 0 Å². The van der Waals surface area contributed by atoms with Crippen molar-refractivity contribution in [2.24, 2.45) is 11.3 Å². The second kappa shape index (κ2) is 6.73. The first-order chi connectivity index (χ1) is 10.7. The molecular weight excluding hydrogens is 288 g/mol. The molecule has 1 aliphatic rings. The fourth-order valence-electron chi connectivity index (χ4n) is 3.06. The van der Waals surface area contributed by atoms with Gasteiger partial charge in [0.2, 0.25) is 11.8 Å². The lowest BCUT2D eigenvalue weighted by Gasteiger charge is -2.35. The number of hydrogen-bond donors (Lipinski definition) is 1. The van der Waals surface area contributed by atoms with E-state index in [2.05, 4.69) is 5.32 Å². The van der Waals surface area contributed by atoms with E-state index in [1.807, 2.05) is 57.7 Å². The van der Waals surface area contributed by atoms with Crippen LogP contribution in [-0.4, -0.2) is 29.8 Å². The first-order valence-electron chi connectivity index (χ1n) is 8.36. The minimum absolute atomic E-state index is 0.0157. The number of amides is 2. The molecule has 1 fully saturated rings. The zero-order valence-corrected chi connectivity index (χ0v) is 14.9. The number of anilines is 1. The molecule has 1 aromatic carbocycles. The van der Waals surface area contributed by atoms with Crippen molar-refractivity contribution in [3.63, 3.8) is 0 Å². The monoisotopic (exact) mass is 316 g/mol. The number of nitrogens with one attached hydrogen (secondary N) is 1. The lowest BCUT2D eigenvalue weighted by Crippen LogP contribution is -2.45. The second-order valence-electron chi connectivity index (χ2n) is 7.57. The highest BCUT2D eigenvalue weighted by molar-refractivity contribution is 5.94. The number of rotatable bonds is 2. The van der Waals surface area contributed by atoms with Gasteiger partial charge >= 0.3 is 0 Å². The number of piperidine rings is 1. The molecule has 1 aliphatic heterocycles. The predicted molar refractivity (Wildman–Crippen MR) is 93.3 cm³/mol. The molecule has 0 bridgehead atoms. The molecule has 1 N–H and O–H groups in total. The summed E-state index contributed by atoms with van der Waals surface area (Å²) in [5, 5.41) is 3.08. The molecule has 0 unspecified atom stereocenters. The van der Waals surface area contributed by atoms with E-state index in [9.17, 15) is 9.59 Å². The summed E-state index contributed by atoms with van der Waals surface area (Å²) >= 11 is 0. The third kappa shape index (κ3) is 4.12. The Morgan fingerprint density at radius 1 is 1.09 bits per heavy atom. The van der Waals surface area contributed by atoms with Gasteiger partial charge in [-0.05, 0) is 37.8 Å². The molecule has 0 aromatic heterocycles. The van der Waals surface area contributed by atoms with E-state index < -0.39 is 0 Å². The van der Waals surface area contributed by atoms with Crippen molar-refractivity contribution in [1.82, 2.24) is 4.90 Å². The van der Waals surface area contributed by atoms with Gasteiger partial charge in [0.25, 0.3) is 0 Å². The van der Waals surface area contributed by atoms with Crippen LogP contribution in [0.2, 0.25) is 0 Å². The number of nitrogens with zero attached hydrogens (tertiary/aromatic N) is 1. The van der Waals surface area contributed by atoms with Crippen LogP contribution < -0.4 is 5.32 Å². The third-order valence-corrected chi connectivity index (χ3v) is 4.52. The van der Waals surface area contributed by atoms with Crippen molar-refractivity contribution >= 4 is 17.5 Å². The summed E-state index contributed by atoms with van der Waals surface area (Å²) in [6.07, 6.45) is 1.47. The van der Waals surface area contributed by atoms with Gasteiger partial charge in [-0.15, -0.1) is 0 Å². The smallest absolute Gasteiger partial charge is 0.227 e. The van der Waals surface area contributed by atoms with Gasteiger partial charge in [-0.25, -0.2) is 0 Å². The molecule has 1 heterocycles. The number of benzene rings is 1. The molecular formula is C19H28N2O2. The predicted octanol–water partition coefficient (Wildman–Crippen LogP) is 3.53. The molecule has 4 nitrogen and oxygen atoms in total. The normalized spacial score (nSPS) is 16.3. The Balaban J connectivity index is 1.95. The van der Waals surface area contributed by atoms with Gasteiger partial charge in [-0.3, -0.25) is 9.59 Å². The van der Waals surface area contributed by atoms with E-state index in [-0.39, 0.29) is 23.1 Å². The van der Waals surface area contributed by atoms with Gasteiger partial charge in [-0.2, -0.15) is 0 Å². The molecule has 2 amide bonds. The fraction of sp³-hybridized carbons (Fsp3) is 0.579. The van der Waals surface area contributed by atoms with Crippen LogP contribution in [0.1, 0.15) is 44.7 Å². The van der Waals surface area contributed by atoms with E-state index in [0.717, 1.165) is 29.7 Å². The average molecular weight is 316 g/mol. The van der Waals surface area contributed by atoms with E-state index in [1.54, 1.807) is 0 Å². The summed E-state index contributed by atoms with van der Waals surface area (Å²) in [6.45, 7) is 11.2. The van der Waals surface area contributed by atoms with Crippen LogP contribution in [0.25, 0.3) is 0 Å². The quantitative estimate of drug-likeness (QED) is 0.907. The van der Waals surface area contributed by atoms with E-state index >= 15 is 0 Å². The maximum atomic E-state index is 12.5. The first-order valence-corrected chi connectivity index (χ1v) is 8.36. The number of carbonyl (C=O) groups is 2. The highest BCUT2D eigenvalue weighted by Gasteiger charge is 2.32. The maximum Gasteiger partial charge on any atom is 0.227 e. The molecule has 4 heteroatoms. The van der Waals surface area contributed by atoms with Crippen LogP contribution in [0.15, 0.2) is 18.2 Å². The molecule has 126 valence electrons. The van der Waals surface area contributed by atoms with Gasteiger partial charge in [0, 0.05) is 30.1 Å². The van der Waals surface area contributed by atoms with Crippen molar-refractivity contribution in [3.05, 3.63) is 29.3 Å². The van der Waals surface area contributed by atoms with Gasteiger partial charge < -0.3 is 10.2 Å². The number of hydrogen-bond acceptors (Lipinski definition) is 2. The Labute approximate surface area is 139 Å². The summed E-state index contributed by atoms with van der Waals surface area (Å²) in [5.41, 5.74) is 2.73. The summed E-state index contributed by atoms with van der Waals surface area (Å²) in [7, 11) is 0. The molecule has 1 saturated heterocycles. The molecule has 0 saturated carbocycles. The molecule has 23 heavy (non-hydrogen) atoms. The van der Waals surface area contributed by atoms with Crippen LogP contribution in [0, 0.1) is 25.2 Å². The van der Waals surface area contributed by atoms with Crippen LogP contribution in [-0.2, 0) is 9.59 Å². The number of likely N-dealkylation sites (tertiary alicyclic amines) is 1. The largest absolute Gasteiger partial charge is 0.342 e. The number of aryl methyl sites for hydroxylation is 2. The van der Waals surface area contributed by atoms with Crippen LogP contribution in [0.5, 0.6) is 0 Å². The summed E-state index contributed by atoms with van der Waals surface area (Å²) in [4.78, 5) is 26.7. The lowest BCUT2D eigenvalue weighted by atomic mass is 9.90. The van der Waals surface area contributed by atoms with E-state index in [0.29, 0.717) is 13.1 Å². The highest BCUT2D eigenvalue weighted by atomic mass is 16.2. The van der Waals surface area contributed by atoms with E-state index in [4.69, 9.17) is 0 Å². The van der Waals surface area contributed by atoms with Crippen molar-refractivity contribution in [1.29, 1.82) is 0 Å². The standard InChI is InChI=1S/C19H28N2O2/c1-13-7-6-8-14(2)16(13)20-17(22)15-9-11-21(12-10-15)18(23)19(3,4)5/h6-8,15H,9-12H2,1-5H3,(H,20,22). The fourth-order valence-corrected chi connectivity index (χ4v) is 3.06. The summed E-state index contributed by atoms with van der Waals surface area (Å²) < 4.78 is 0. The minimum Gasteiger partial charge on any atom is -0.342 e. The van der Waals surface area contributed by atoms with Gasteiger partial charge in [0.1, 0.15) is 0 Å². The van der Waals surface area contributed by atoms with E-state index in [1.165, 1.54) is 0 Å².